The SMILES string of the molecule is CSc1nc(N)c(C(=O)O)c(OC2CCC(O)C2)n1. The number of nitrogen functional groups attached to an aromatic ring is 1. The Balaban J connectivity index is 2.31. The minimum atomic E-state index is -1.22. The molecule has 19 heavy (non-hydrogen) atoms. The standard InChI is InChI=1S/C11H15N3O4S/c1-19-11-13-8(12)7(10(16)17)9(14-11)18-6-3-2-5(15)4-6/h5-6,15H,2-4H2,1H3,(H,16,17)(H2,12,13,14). The van der Waals surface area contributed by atoms with Gasteiger partial charge in [0.25, 0.3) is 0 Å². The third-order valence-electron chi connectivity index (χ3n) is 2.91. The first-order valence-electron chi connectivity index (χ1n) is 5.80. The highest BCUT2D eigenvalue weighted by molar-refractivity contribution is 7.98. The van der Waals surface area contributed by atoms with Gasteiger partial charge in [-0.05, 0) is 19.1 Å². The molecule has 0 saturated heterocycles. The van der Waals surface area contributed by atoms with Crippen molar-refractivity contribution in [2.75, 3.05) is 12.0 Å². The molecule has 2 rings (SSSR count). The highest BCUT2D eigenvalue weighted by Crippen LogP contribution is 2.29. The number of carbonyl (C=O) groups is 1. The highest BCUT2D eigenvalue weighted by Gasteiger charge is 2.28. The van der Waals surface area contributed by atoms with Gasteiger partial charge in [0.05, 0.1) is 6.10 Å². The van der Waals surface area contributed by atoms with Crippen LogP contribution < -0.4 is 10.5 Å². The number of aromatic carboxylic acids is 1. The van der Waals surface area contributed by atoms with Crippen LogP contribution in [0.25, 0.3) is 0 Å². The maximum atomic E-state index is 11.2. The lowest BCUT2D eigenvalue weighted by Crippen LogP contribution is -2.18. The quantitative estimate of drug-likeness (QED) is 0.548. The number of carboxylic acids is 1. The number of ether oxygens (including phenoxy) is 1. The zero-order valence-electron chi connectivity index (χ0n) is 10.4. The summed E-state index contributed by atoms with van der Waals surface area (Å²) < 4.78 is 5.58. The molecular formula is C11H15N3O4S. The predicted octanol–water partition coefficient (Wildman–Crippen LogP) is 0.771. The maximum absolute atomic E-state index is 11.2. The van der Waals surface area contributed by atoms with Gasteiger partial charge in [-0.3, -0.25) is 0 Å². The molecule has 1 aromatic heterocycles. The molecule has 0 radical (unpaired) electrons. The van der Waals surface area contributed by atoms with Crippen LogP contribution in [0.4, 0.5) is 5.82 Å². The van der Waals surface area contributed by atoms with Crippen LogP contribution in [0.1, 0.15) is 29.6 Å². The van der Waals surface area contributed by atoms with Crippen molar-refractivity contribution in [2.24, 2.45) is 0 Å². The molecule has 0 amide bonds. The van der Waals surface area contributed by atoms with Crippen LogP contribution >= 0.6 is 11.8 Å². The van der Waals surface area contributed by atoms with Crippen molar-refractivity contribution in [1.29, 1.82) is 0 Å². The van der Waals surface area contributed by atoms with Crippen LogP contribution in [-0.4, -0.2) is 44.6 Å². The summed E-state index contributed by atoms with van der Waals surface area (Å²) in [5.74, 6) is -1.36. The Morgan fingerprint density at radius 1 is 1.47 bits per heavy atom. The maximum Gasteiger partial charge on any atom is 0.345 e. The Labute approximate surface area is 114 Å². The Morgan fingerprint density at radius 3 is 2.74 bits per heavy atom. The van der Waals surface area contributed by atoms with E-state index >= 15 is 0 Å². The van der Waals surface area contributed by atoms with E-state index in [-0.39, 0.29) is 23.4 Å². The molecule has 7 nitrogen and oxygen atoms in total. The van der Waals surface area contributed by atoms with Crippen molar-refractivity contribution in [3.63, 3.8) is 0 Å². The average Bonchev–Trinajstić information content (AvgIpc) is 2.73. The predicted molar refractivity (Wildman–Crippen MR) is 69.5 cm³/mol. The number of nitrogens with zero attached hydrogens (tertiary/aromatic N) is 2. The summed E-state index contributed by atoms with van der Waals surface area (Å²) in [6, 6.07) is 0. The molecule has 4 N–H and O–H groups in total. The highest BCUT2D eigenvalue weighted by atomic mass is 32.2. The first-order valence-corrected chi connectivity index (χ1v) is 7.03. The molecule has 1 aliphatic rings. The number of nitrogens with two attached hydrogens (primary N) is 1. The van der Waals surface area contributed by atoms with Crippen molar-refractivity contribution in [3.8, 4) is 5.88 Å². The van der Waals surface area contributed by atoms with E-state index in [4.69, 9.17) is 15.6 Å². The molecule has 0 aromatic carbocycles. The summed E-state index contributed by atoms with van der Waals surface area (Å²) in [5, 5.41) is 19.0. The lowest BCUT2D eigenvalue weighted by Gasteiger charge is -2.15. The molecule has 104 valence electrons. The molecule has 2 atom stereocenters. The minimum absolute atomic E-state index is 0.0246. The van der Waals surface area contributed by atoms with Crippen molar-refractivity contribution in [3.05, 3.63) is 5.56 Å². The summed E-state index contributed by atoms with van der Waals surface area (Å²) in [6.45, 7) is 0. The Hall–Kier alpha value is -1.54. The van der Waals surface area contributed by atoms with Gasteiger partial charge in [0, 0.05) is 6.42 Å². The summed E-state index contributed by atoms with van der Waals surface area (Å²) in [7, 11) is 0. The summed E-state index contributed by atoms with van der Waals surface area (Å²) >= 11 is 1.25. The number of aliphatic hydroxyl groups is 1. The number of hydrogen-bond donors (Lipinski definition) is 3. The Morgan fingerprint density at radius 2 is 2.21 bits per heavy atom. The molecule has 1 heterocycles. The van der Waals surface area contributed by atoms with E-state index in [0.29, 0.717) is 24.4 Å². The van der Waals surface area contributed by atoms with Gasteiger partial charge in [0.2, 0.25) is 5.88 Å². The van der Waals surface area contributed by atoms with Crippen LogP contribution in [0.2, 0.25) is 0 Å². The van der Waals surface area contributed by atoms with Crippen LogP contribution in [0.15, 0.2) is 5.16 Å². The van der Waals surface area contributed by atoms with E-state index in [1.165, 1.54) is 11.8 Å². The number of carboxylic acid groups (broad SMARTS) is 1. The molecule has 0 bridgehead atoms. The summed E-state index contributed by atoms with van der Waals surface area (Å²) in [6.07, 6.45) is 2.90. The molecule has 1 saturated carbocycles. The second-order valence-corrected chi connectivity index (χ2v) is 5.06. The Bertz CT molecular complexity index is 497. The van der Waals surface area contributed by atoms with Crippen LogP contribution in [0.5, 0.6) is 5.88 Å². The molecule has 1 aromatic rings. The third kappa shape index (κ3) is 3.07. The number of anilines is 1. The minimum Gasteiger partial charge on any atom is -0.477 e. The first kappa shape index (κ1) is 13.9. The number of aliphatic hydroxyl groups excluding tert-OH is 1. The molecule has 0 aliphatic heterocycles. The third-order valence-corrected chi connectivity index (χ3v) is 3.46. The molecule has 0 spiro atoms. The van der Waals surface area contributed by atoms with Gasteiger partial charge in [-0.1, -0.05) is 11.8 Å². The number of aromatic nitrogens is 2. The number of thioether (sulfide) groups is 1. The van der Waals surface area contributed by atoms with Gasteiger partial charge in [-0.25, -0.2) is 9.78 Å². The fourth-order valence-electron chi connectivity index (χ4n) is 2.00. The van der Waals surface area contributed by atoms with Gasteiger partial charge >= 0.3 is 5.97 Å². The zero-order chi connectivity index (χ0) is 14.0. The van der Waals surface area contributed by atoms with E-state index in [1.807, 2.05) is 0 Å². The second-order valence-electron chi connectivity index (χ2n) is 4.29. The van der Waals surface area contributed by atoms with Crippen LogP contribution in [-0.2, 0) is 0 Å². The fourth-order valence-corrected chi connectivity index (χ4v) is 2.36. The van der Waals surface area contributed by atoms with Gasteiger partial charge in [-0.2, -0.15) is 4.98 Å². The molecular weight excluding hydrogens is 270 g/mol. The summed E-state index contributed by atoms with van der Waals surface area (Å²) in [4.78, 5) is 19.1. The number of rotatable bonds is 4. The largest absolute Gasteiger partial charge is 0.477 e. The van der Waals surface area contributed by atoms with Gasteiger partial charge in [0.1, 0.15) is 11.9 Å². The van der Waals surface area contributed by atoms with Crippen molar-refractivity contribution < 1.29 is 19.7 Å². The average molecular weight is 285 g/mol. The first-order chi connectivity index (χ1) is 9.01. The normalized spacial score (nSPS) is 22.4. The molecule has 1 aliphatic carbocycles. The van der Waals surface area contributed by atoms with Gasteiger partial charge in [-0.15, -0.1) is 0 Å². The van der Waals surface area contributed by atoms with Crippen LogP contribution in [0, 0.1) is 0 Å². The van der Waals surface area contributed by atoms with Crippen molar-refractivity contribution >= 4 is 23.5 Å². The van der Waals surface area contributed by atoms with E-state index in [1.54, 1.807) is 6.26 Å². The van der Waals surface area contributed by atoms with Gasteiger partial charge < -0.3 is 20.7 Å². The second kappa shape index (κ2) is 5.62. The molecule has 8 heteroatoms. The number of hydrogen-bond acceptors (Lipinski definition) is 7. The lowest BCUT2D eigenvalue weighted by molar-refractivity contribution is 0.0687. The zero-order valence-corrected chi connectivity index (χ0v) is 11.2. The van der Waals surface area contributed by atoms with Gasteiger partial charge in [0.15, 0.2) is 10.7 Å². The Kier molecular flexibility index (Phi) is 4.11. The van der Waals surface area contributed by atoms with Crippen molar-refractivity contribution in [2.45, 2.75) is 36.6 Å². The monoisotopic (exact) mass is 285 g/mol. The van der Waals surface area contributed by atoms with Crippen LogP contribution in [0.3, 0.4) is 0 Å². The fraction of sp³-hybridized carbons (Fsp3) is 0.545. The molecule has 2 unspecified atom stereocenters. The van der Waals surface area contributed by atoms with E-state index in [2.05, 4.69) is 9.97 Å². The van der Waals surface area contributed by atoms with E-state index in [0.717, 1.165) is 0 Å². The van der Waals surface area contributed by atoms with Crippen molar-refractivity contribution in [1.82, 2.24) is 9.97 Å². The summed E-state index contributed by atoms with van der Waals surface area (Å²) in [5.41, 5.74) is 5.40. The lowest BCUT2D eigenvalue weighted by atomic mass is 10.2. The smallest absolute Gasteiger partial charge is 0.345 e. The van der Waals surface area contributed by atoms with E-state index < -0.39 is 12.1 Å². The van der Waals surface area contributed by atoms with E-state index in [9.17, 15) is 9.90 Å². The molecule has 1 fully saturated rings. The topological polar surface area (TPSA) is 119 Å².